The zero-order chi connectivity index (χ0) is 11.0. The van der Waals surface area contributed by atoms with E-state index in [0.29, 0.717) is 6.04 Å². The summed E-state index contributed by atoms with van der Waals surface area (Å²) in [5.41, 5.74) is 4.29. The van der Waals surface area contributed by atoms with Gasteiger partial charge < -0.3 is 10.3 Å². The highest BCUT2D eigenvalue weighted by Gasteiger charge is 2.21. The number of halogens is 1. The smallest absolute Gasteiger partial charge is 0.0458 e. The summed E-state index contributed by atoms with van der Waals surface area (Å²) in [4.78, 5) is 3.56. The summed E-state index contributed by atoms with van der Waals surface area (Å²) in [6, 6.07) is 9.30. The lowest BCUT2D eigenvalue weighted by molar-refractivity contribution is 0.468. The van der Waals surface area contributed by atoms with Crippen LogP contribution in [0.15, 0.2) is 24.3 Å². The molecule has 1 aromatic carbocycles. The first-order chi connectivity index (χ1) is 7.88. The fourth-order valence-corrected chi connectivity index (χ4v) is 2.85. The summed E-state index contributed by atoms with van der Waals surface area (Å²) >= 11 is 0. The van der Waals surface area contributed by atoms with E-state index < -0.39 is 0 Å². The molecule has 1 aliphatic carbocycles. The molecule has 2 aromatic rings. The van der Waals surface area contributed by atoms with Gasteiger partial charge in [0.25, 0.3) is 0 Å². The largest absolute Gasteiger partial charge is 0.358 e. The van der Waals surface area contributed by atoms with Crippen LogP contribution in [0.4, 0.5) is 0 Å². The third kappa shape index (κ3) is 2.20. The highest BCUT2D eigenvalue weighted by molar-refractivity contribution is 5.85. The van der Waals surface area contributed by atoms with Gasteiger partial charge in [0.15, 0.2) is 0 Å². The lowest BCUT2D eigenvalue weighted by Crippen LogP contribution is -2.34. The van der Waals surface area contributed by atoms with E-state index in [2.05, 4.69) is 41.5 Å². The Bertz CT molecular complexity index is 504. The molecule has 1 aromatic heterocycles. The monoisotopic (exact) mass is 250 g/mol. The highest BCUT2D eigenvalue weighted by atomic mass is 35.5. The molecule has 3 heteroatoms. The number of fused-ring (bicyclic) bond motifs is 3. The van der Waals surface area contributed by atoms with Crippen LogP contribution in [0.1, 0.15) is 24.6 Å². The molecule has 0 aliphatic heterocycles. The number of hydrogen-bond acceptors (Lipinski definition) is 1. The molecule has 2 nitrogen and oxygen atoms in total. The molecule has 1 unspecified atom stereocenters. The number of nitrogens with one attached hydrogen (secondary N) is 2. The van der Waals surface area contributed by atoms with Crippen LogP contribution < -0.4 is 5.32 Å². The second kappa shape index (κ2) is 5.11. The Morgan fingerprint density at radius 2 is 2.18 bits per heavy atom. The number of likely N-dealkylation sites (N-methyl/N-ethyl adjacent to an activating group) is 1. The van der Waals surface area contributed by atoms with Gasteiger partial charge in [-0.15, -0.1) is 12.4 Å². The molecule has 1 aliphatic rings. The Morgan fingerprint density at radius 3 is 3.00 bits per heavy atom. The fraction of sp³-hybridized carbons (Fsp3) is 0.429. The van der Waals surface area contributed by atoms with Crippen LogP contribution in [-0.2, 0) is 12.8 Å². The van der Waals surface area contributed by atoms with Crippen molar-refractivity contribution >= 4 is 23.3 Å². The molecule has 17 heavy (non-hydrogen) atoms. The Hall–Kier alpha value is -0.990. The molecule has 0 fully saturated rings. The van der Waals surface area contributed by atoms with Crippen LogP contribution in [0.25, 0.3) is 10.9 Å². The van der Waals surface area contributed by atoms with Crippen molar-refractivity contribution in [1.29, 1.82) is 0 Å². The van der Waals surface area contributed by atoms with E-state index in [1.165, 1.54) is 29.4 Å². The molecule has 0 bridgehead atoms. The molecule has 3 rings (SSSR count). The summed E-state index contributed by atoms with van der Waals surface area (Å²) in [5.74, 6) is 0. The number of aromatic nitrogens is 1. The average Bonchev–Trinajstić information content (AvgIpc) is 2.67. The predicted octanol–water partition coefficient (Wildman–Crippen LogP) is 3.06. The Kier molecular flexibility index (Phi) is 3.75. The molecule has 0 amide bonds. The van der Waals surface area contributed by atoms with Gasteiger partial charge in [0, 0.05) is 29.1 Å². The number of hydrogen-bond donors (Lipinski definition) is 2. The summed E-state index contributed by atoms with van der Waals surface area (Å²) in [6.07, 6.45) is 3.62. The number of benzene rings is 1. The van der Waals surface area contributed by atoms with Gasteiger partial charge in [0.2, 0.25) is 0 Å². The van der Waals surface area contributed by atoms with Crippen LogP contribution in [-0.4, -0.2) is 17.6 Å². The lowest BCUT2D eigenvalue weighted by Gasteiger charge is -2.22. The average molecular weight is 251 g/mol. The van der Waals surface area contributed by atoms with Crippen LogP contribution in [0.2, 0.25) is 0 Å². The minimum atomic E-state index is 0. The van der Waals surface area contributed by atoms with Gasteiger partial charge in [-0.3, -0.25) is 0 Å². The second-order valence-electron chi connectivity index (χ2n) is 4.63. The van der Waals surface area contributed by atoms with E-state index >= 15 is 0 Å². The molecule has 1 atom stereocenters. The van der Waals surface area contributed by atoms with Crippen molar-refractivity contribution in [2.45, 2.75) is 32.2 Å². The standard InChI is InChI=1S/C14H18N2.ClH/c1-2-15-10-7-8-12-11-5-3-4-6-13(11)16-14(12)9-10;/h3-6,10,15-16H,2,7-9H2,1H3;1H. The van der Waals surface area contributed by atoms with Gasteiger partial charge >= 0.3 is 0 Å². The molecule has 2 N–H and O–H groups in total. The van der Waals surface area contributed by atoms with Gasteiger partial charge in [-0.1, -0.05) is 25.1 Å². The Labute approximate surface area is 108 Å². The van der Waals surface area contributed by atoms with E-state index in [-0.39, 0.29) is 12.4 Å². The van der Waals surface area contributed by atoms with Gasteiger partial charge in [0.1, 0.15) is 0 Å². The van der Waals surface area contributed by atoms with Crippen LogP contribution in [0.5, 0.6) is 0 Å². The number of aromatic amines is 1. The first-order valence-corrected chi connectivity index (χ1v) is 6.20. The molecular weight excluding hydrogens is 232 g/mol. The maximum Gasteiger partial charge on any atom is 0.0458 e. The van der Waals surface area contributed by atoms with Crippen molar-refractivity contribution in [1.82, 2.24) is 10.3 Å². The van der Waals surface area contributed by atoms with Gasteiger partial charge in [-0.05, 0) is 31.0 Å². The summed E-state index contributed by atoms with van der Waals surface area (Å²) < 4.78 is 0. The van der Waals surface area contributed by atoms with Crippen LogP contribution in [0, 0.1) is 0 Å². The Balaban J connectivity index is 0.00000108. The topological polar surface area (TPSA) is 27.8 Å². The highest BCUT2D eigenvalue weighted by Crippen LogP contribution is 2.28. The van der Waals surface area contributed by atoms with E-state index in [1.807, 2.05) is 0 Å². The maximum absolute atomic E-state index is 3.56. The van der Waals surface area contributed by atoms with E-state index in [1.54, 1.807) is 5.56 Å². The minimum Gasteiger partial charge on any atom is -0.358 e. The Morgan fingerprint density at radius 1 is 1.35 bits per heavy atom. The number of aryl methyl sites for hydroxylation is 1. The van der Waals surface area contributed by atoms with Gasteiger partial charge in [0.05, 0.1) is 0 Å². The zero-order valence-corrected chi connectivity index (χ0v) is 10.9. The van der Waals surface area contributed by atoms with Crippen molar-refractivity contribution in [2.24, 2.45) is 0 Å². The van der Waals surface area contributed by atoms with E-state index in [4.69, 9.17) is 0 Å². The van der Waals surface area contributed by atoms with Crippen molar-refractivity contribution in [2.75, 3.05) is 6.54 Å². The fourth-order valence-electron chi connectivity index (χ4n) is 2.85. The molecule has 1 heterocycles. The normalized spacial score (nSPS) is 18.8. The summed E-state index contributed by atoms with van der Waals surface area (Å²) in [6.45, 7) is 3.25. The first-order valence-electron chi connectivity index (χ1n) is 6.20. The second-order valence-corrected chi connectivity index (χ2v) is 4.63. The van der Waals surface area contributed by atoms with E-state index in [9.17, 15) is 0 Å². The summed E-state index contributed by atoms with van der Waals surface area (Å²) in [5, 5.41) is 4.97. The van der Waals surface area contributed by atoms with Gasteiger partial charge in [-0.2, -0.15) is 0 Å². The molecule has 0 radical (unpaired) electrons. The number of para-hydroxylation sites is 1. The van der Waals surface area contributed by atoms with Gasteiger partial charge in [-0.25, -0.2) is 0 Å². The van der Waals surface area contributed by atoms with Crippen LogP contribution >= 0.6 is 12.4 Å². The SMILES string of the molecule is CCNC1CCc2c([nH]c3ccccc23)C1.Cl. The maximum atomic E-state index is 3.56. The molecule has 0 saturated heterocycles. The van der Waals surface area contributed by atoms with Crippen molar-refractivity contribution < 1.29 is 0 Å². The minimum absolute atomic E-state index is 0. The zero-order valence-electron chi connectivity index (χ0n) is 10.1. The van der Waals surface area contributed by atoms with E-state index in [0.717, 1.165) is 13.0 Å². The third-order valence-corrected chi connectivity index (χ3v) is 3.59. The predicted molar refractivity (Wildman–Crippen MR) is 75.0 cm³/mol. The number of rotatable bonds is 2. The van der Waals surface area contributed by atoms with Crippen molar-refractivity contribution in [3.05, 3.63) is 35.5 Å². The third-order valence-electron chi connectivity index (χ3n) is 3.59. The van der Waals surface area contributed by atoms with Crippen molar-refractivity contribution in [3.63, 3.8) is 0 Å². The van der Waals surface area contributed by atoms with Crippen LogP contribution in [0.3, 0.4) is 0 Å². The molecule has 0 spiro atoms. The molecular formula is C14H19ClN2. The molecule has 92 valence electrons. The first kappa shape index (κ1) is 12.5. The summed E-state index contributed by atoms with van der Waals surface area (Å²) in [7, 11) is 0. The lowest BCUT2D eigenvalue weighted by atomic mass is 9.92. The molecule has 0 saturated carbocycles. The van der Waals surface area contributed by atoms with Crippen molar-refractivity contribution in [3.8, 4) is 0 Å². The number of H-pyrrole nitrogens is 1. The quantitative estimate of drug-likeness (QED) is 0.843.